The largest absolute Gasteiger partial charge is 0.479 e. The summed E-state index contributed by atoms with van der Waals surface area (Å²) in [5, 5.41) is 33.4. The van der Waals surface area contributed by atoms with Crippen molar-refractivity contribution in [1.29, 1.82) is 0 Å². The van der Waals surface area contributed by atoms with Crippen molar-refractivity contribution in [2.45, 2.75) is 44.3 Å². The van der Waals surface area contributed by atoms with Crippen LogP contribution in [0.25, 0.3) is 10.9 Å². The van der Waals surface area contributed by atoms with Crippen molar-refractivity contribution in [2.75, 3.05) is 39.3 Å². The molecule has 3 heterocycles. The van der Waals surface area contributed by atoms with Gasteiger partial charge in [0.15, 0.2) is 18.0 Å². The molecular formula is C31H41N3O7. The second-order valence-corrected chi connectivity index (χ2v) is 10.7. The number of carbonyl (C=O) groups excluding carboxylic acids is 1. The van der Waals surface area contributed by atoms with E-state index in [9.17, 15) is 14.4 Å². The van der Waals surface area contributed by atoms with E-state index in [2.05, 4.69) is 34.0 Å². The molecule has 222 valence electrons. The van der Waals surface area contributed by atoms with Gasteiger partial charge in [0.05, 0.1) is 5.52 Å². The molecule has 0 radical (unpaired) electrons. The van der Waals surface area contributed by atoms with Crippen LogP contribution in [0.4, 0.5) is 0 Å². The van der Waals surface area contributed by atoms with Crippen molar-refractivity contribution >= 4 is 28.6 Å². The number of rotatable bonds is 11. The maximum absolute atomic E-state index is 13.2. The maximum atomic E-state index is 13.2. The number of hydrogen-bond donors (Lipinski definition) is 4. The molecule has 0 saturated carbocycles. The number of hydrogen-bond acceptors (Lipinski definition) is 8. The number of aliphatic carboxylic acids is 2. The molecule has 0 spiro atoms. The van der Waals surface area contributed by atoms with Gasteiger partial charge in [-0.3, -0.25) is 9.78 Å². The van der Waals surface area contributed by atoms with Gasteiger partial charge in [0.2, 0.25) is 0 Å². The van der Waals surface area contributed by atoms with E-state index in [0.717, 1.165) is 43.4 Å². The van der Waals surface area contributed by atoms with Gasteiger partial charge in [0, 0.05) is 36.8 Å². The van der Waals surface area contributed by atoms with Gasteiger partial charge in [0.1, 0.15) is 0 Å². The third-order valence-corrected chi connectivity index (χ3v) is 7.90. The van der Waals surface area contributed by atoms with Crippen LogP contribution in [0.5, 0.6) is 0 Å². The summed E-state index contributed by atoms with van der Waals surface area (Å²) < 4.78 is 0. The van der Waals surface area contributed by atoms with Crippen LogP contribution in [-0.4, -0.2) is 104 Å². The summed E-state index contributed by atoms with van der Waals surface area (Å²) in [7, 11) is 0. The molecule has 0 bridgehead atoms. The van der Waals surface area contributed by atoms with E-state index >= 15 is 0 Å². The summed E-state index contributed by atoms with van der Waals surface area (Å²) in [6, 6.07) is 9.64. The van der Waals surface area contributed by atoms with E-state index in [1.54, 1.807) is 6.20 Å². The van der Waals surface area contributed by atoms with Gasteiger partial charge >= 0.3 is 11.9 Å². The van der Waals surface area contributed by atoms with Crippen LogP contribution in [0.1, 0.15) is 42.5 Å². The molecule has 2 fully saturated rings. The molecule has 1 aromatic carbocycles. The highest BCUT2D eigenvalue weighted by molar-refractivity contribution is 6.15. The third kappa shape index (κ3) is 9.02. The molecule has 2 aliphatic heterocycles. The van der Waals surface area contributed by atoms with E-state index in [1.165, 1.54) is 38.9 Å². The maximum Gasteiger partial charge on any atom is 0.335 e. The number of likely N-dealkylation sites (tertiary alicyclic amines) is 2. The number of aliphatic hydroxyl groups excluding tert-OH is 2. The highest BCUT2D eigenvalue weighted by atomic mass is 16.4. The third-order valence-electron chi connectivity index (χ3n) is 7.90. The number of aliphatic hydroxyl groups is 2. The average Bonchev–Trinajstić information content (AvgIpc) is 2.99. The number of carbonyl (C=O) groups is 3. The smallest absolute Gasteiger partial charge is 0.335 e. The molecule has 4 unspecified atom stereocenters. The monoisotopic (exact) mass is 567 g/mol. The van der Waals surface area contributed by atoms with Crippen molar-refractivity contribution in [2.24, 2.45) is 11.8 Å². The number of carboxylic acid groups (broad SMARTS) is 2. The Morgan fingerprint density at radius 1 is 0.951 bits per heavy atom. The molecule has 0 amide bonds. The molecule has 10 heteroatoms. The van der Waals surface area contributed by atoms with Gasteiger partial charge in [-0.1, -0.05) is 37.3 Å². The first kappa shape index (κ1) is 32.1. The van der Waals surface area contributed by atoms with Crippen LogP contribution in [0.2, 0.25) is 0 Å². The Morgan fingerprint density at radius 3 is 2.22 bits per heavy atom. The van der Waals surface area contributed by atoms with Crippen molar-refractivity contribution in [3.63, 3.8) is 0 Å². The quantitative estimate of drug-likeness (QED) is 0.181. The molecule has 4 N–H and O–H groups in total. The minimum absolute atomic E-state index is 0.0499. The predicted molar refractivity (Wildman–Crippen MR) is 156 cm³/mol. The lowest BCUT2D eigenvalue weighted by atomic mass is 9.80. The van der Waals surface area contributed by atoms with Gasteiger partial charge < -0.3 is 30.2 Å². The van der Waals surface area contributed by atoms with Gasteiger partial charge in [0.25, 0.3) is 0 Å². The standard InChI is InChI=1S/C27H35N3O.C4H6O6/c1-3-22-20-30(18-17-29-14-7-4-8-15-29)16-12-23(22)19-21(2)27(31)25-11-13-28-26-10-6-5-9-24(25)26;5-1(3(7)8)2(6)4(9)10/h3,5-6,9-11,13,22-23H,1-2,4,7-8,12,14-20H2;1-2,5-6H,(H,7,8)(H,9,10). The average molecular weight is 568 g/mol. The van der Waals surface area contributed by atoms with E-state index in [0.29, 0.717) is 23.0 Å². The van der Waals surface area contributed by atoms with Gasteiger partial charge in [-0.2, -0.15) is 0 Å². The van der Waals surface area contributed by atoms with Gasteiger partial charge in [-0.25, -0.2) is 9.59 Å². The van der Waals surface area contributed by atoms with Gasteiger partial charge in [-0.05, 0) is 74.9 Å². The summed E-state index contributed by atoms with van der Waals surface area (Å²) in [5.41, 5.74) is 2.27. The minimum Gasteiger partial charge on any atom is -0.479 e. The Kier molecular flexibility index (Phi) is 12.2. The molecule has 0 aliphatic carbocycles. The van der Waals surface area contributed by atoms with Crippen LogP contribution in [0.3, 0.4) is 0 Å². The second kappa shape index (κ2) is 15.5. The molecule has 4 rings (SSSR count). The molecule has 2 aromatic rings. The topological polar surface area (TPSA) is 152 Å². The molecule has 41 heavy (non-hydrogen) atoms. The number of carboxylic acids is 2. The number of nitrogens with zero attached hydrogens (tertiary/aromatic N) is 3. The van der Waals surface area contributed by atoms with Crippen LogP contribution in [0.15, 0.2) is 61.3 Å². The van der Waals surface area contributed by atoms with E-state index < -0.39 is 24.1 Å². The predicted octanol–water partition coefficient (Wildman–Crippen LogP) is 2.85. The molecule has 2 aliphatic rings. The lowest BCUT2D eigenvalue weighted by molar-refractivity contribution is -0.165. The van der Waals surface area contributed by atoms with Crippen molar-refractivity contribution in [3.05, 3.63) is 66.9 Å². The Hall–Kier alpha value is -3.44. The number of allylic oxidation sites excluding steroid dienone is 1. The summed E-state index contributed by atoms with van der Waals surface area (Å²) in [4.78, 5) is 42.3. The summed E-state index contributed by atoms with van der Waals surface area (Å²) in [5.74, 6) is -2.64. The summed E-state index contributed by atoms with van der Waals surface area (Å²) >= 11 is 0. The number of aromatic nitrogens is 1. The number of benzene rings is 1. The molecule has 10 nitrogen and oxygen atoms in total. The van der Waals surface area contributed by atoms with Crippen LogP contribution in [-0.2, 0) is 9.59 Å². The molecular weight excluding hydrogens is 526 g/mol. The van der Waals surface area contributed by atoms with E-state index in [-0.39, 0.29) is 5.78 Å². The Labute approximate surface area is 240 Å². The number of para-hydroxylation sites is 1. The summed E-state index contributed by atoms with van der Waals surface area (Å²) in [6.45, 7) is 15.3. The van der Waals surface area contributed by atoms with Crippen molar-refractivity contribution in [3.8, 4) is 0 Å². The Morgan fingerprint density at radius 2 is 1.59 bits per heavy atom. The lowest BCUT2D eigenvalue weighted by Crippen LogP contribution is -2.44. The van der Waals surface area contributed by atoms with Crippen LogP contribution in [0, 0.1) is 11.8 Å². The Balaban J connectivity index is 0.000000397. The fraction of sp³-hybridized carbons (Fsp3) is 0.484. The summed E-state index contributed by atoms with van der Waals surface area (Å²) in [6.07, 6.45) is 5.20. The first-order chi connectivity index (χ1) is 19.6. The van der Waals surface area contributed by atoms with Gasteiger partial charge in [-0.15, -0.1) is 6.58 Å². The van der Waals surface area contributed by atoms with Crippen LogP contribution >= 0.6 is 0 Å². The normalized spacial score (nSPS) is 21.2. The first-order valence-electron chi connectivity index (χ1n) is 14.1. The fourth-order valence-electron chi connectivity index (χ4n) is 5.45. The lowest BCUT2D eigenvalue weighted by Gasteiger charge is -2.38. The van der Waals surface area contributed by atoms with Crippen LogP contribution < -0.4 is 0 Å². The highest BCUT2D eigenvalue weighted by Crippen LogP contribution is 2.31. The number of piperidine rings is 2. The van der Waals surface area contributed by atoms with Crippen molar-refractivity contribution < 1.29 is 34.8 Å². The van der Waals surface area contributed by atoms with E-state index in [1.807, 2.05) is 30.3 Å². The molecule has 1 aromatic heterocycles. The molecule has 4 atom stereocenters. The highest BCUT2D eigenvalue weighted by Gasteiger charge is 2.30. The number of Topliss-reactive ketones (excluding diaryl/α,β-unsaturated/α-hetero) is 1. The van der Waals surface area contributed by atoms with Crippen molar-refractivity contribution in [1.82, 2.24) is 14.8 Å². The SMILES string of the molecule is C=CC1CN(CCN2CCCCC2)CCC1CC(=C)C(=O)c1ccnc2ccccc12.O=C(O)C(O)C(O)C(=O)O. The Bertz CT molecular complexity index is 1200. The minimum atomic E-state index is -2.27. The zero-order valence-electron chi connectivity index (χ0n) is 23.4. The van der Waals surface area contributed by atoms with E-state index in [4.69, 9.17) is 20.4 Å². The zero-order chi connectivity index (χ0) is 29.9. The zero-order valence-corrected chi connectivity index (χ0v) is 23.4. The number of pyridine rings is 1. The fourth-order valence-corrected chi connectivity index (χ4v) is 5.45. The number of fused-ring (bicyclic) bond motifs is 1. The second-order valence-electron chi connectivity index (χ2n) is 10.7. The number of ketones is 1. The first-order valence-corrected chi connectivity index (χ1v) is 14.1. The molecule has 2 saturated heterocycles.